The van der Waals surface area contributed by atoms with Crippen molar-refractivity contribution in [2.45, 2.75) is 25.9 Å². The normalized spacial score (nSPS) is 16.4. The Labute approximate surface area is 178 Å². The van der Waals surface area contributed by atoms with Gasteiger partial charge in [-0.05, 0) is 47.7 Å². The molecule has 3 aromatic rings. The molecule has 1 aliphatic rings. The molecule has 3 heterocycles. The average molecular weight is 423 g/mol. The molecule has 6 nitrogen and oxygen atoms in total. The Morgan fingerprint density at radius 3 is 2.63 bits per heavy atom. The third-order valence-electron chi connectivity index (χ3n) is 4.87. The van der Waals surface area contributed by atoms with Crippen LogP contribution in [0, 0.1) is 0 Å². The number of carbonyl (C=O) groups excluding carboxylic acids is 2. The van der Waals surface area contributed by atoms with E-state index in [2.05, 4.69) is 0 Å². The predicted molar refractivity (Wildman–Crippen MR) is 113 cm³/mol. The number of nitrogens with zero attached hydrogens (tertiary/aromatic N) is 1. The van der Waals surface area contributed by atoms with E-state index in [4.69, 9.17) is 9.15 Å². The molecule has 1 unspecified atom stereocenters. The van der Waals surface area contributed by atoms with Crippen LogP contribution in [0.5, 0.6) is 5.75 Å². The van der Waals surface area contributed by atoms with Crippen molar-refractivity contribution in [1.29, 1.82) is 0 Å². The van der Waals surface area contributed by atoms with E-state index < -0.39 is 17.7 Å². The second-order valence-electron chi connectivity index (χ2n) is 6.90. The highest BCUT2D eigenvalue weighted by molar-refractivity contribution is 7.12. The van der Waals surface area contributed by atoms with Crippen LogP contribution in [0.15, 0.2) is 75.9 Å². The lowest BCUT2D eigenvalue weighted by molar-refractivity contribution is -0.130. The molecule has 154 valence electrons. The van der Waals surface area contributed by atoms with Gasteiger partial charge in [0.15, 0.2) is 5.76 Å². The average Bonchev–Trinajstić information content (AvgIpc) is 3.51. The third kappa shape index (κ3) is 3.76. The molecule has 0 bridgehead atoms. The zero-order chi connectivity index (χ0) is 21.1. The van der Waals surface area contributed by atoms with Crippen molar-refractivity contribution >= 4 is 23.0 Å². The smallest absolute Gasteiger partial charge is 0.290 e. The standard InChI is InChI=1S/C23H21NO5S/c1-2-11-28-16-9-7-15(8-10-16)20-19(21(25)18-6-4-13-30-18)22(26)23(27)24(20)14-17-5-3-12-29-17/h3-10,12-13,20,26H,2,11,14H2,1H3. The summed E-state index contributed by atoms with van der Waals surface area (Å²) in [5.41, 5.74) is 0.791. The quantitative estimate of drug-likeness (QED) is 0.521. The van der Waals surface area contributed by atoms with Crippen LogP contribution in [0.25, 0.3) is 0 Å². The van der Waals surface area contributed by atoms with E-state index in [9.17, 15) is 14.7 Å². The van der Waals surface area contributed by atoms with Crippen LogP contribution in [-0.4, -0.2) is 28.3 Å². The Morgan fingerprint density at radius 1 is 1.20 bits per heavy atom. The van der Waals surface area contributed by atoms with Crippen molar-refractivity contribution < 1.29 is 23.8 Å². The number of aliphatic hydroxyl groups excluding tert-OH is 1. The molecule has 2 aromatic heterocycles. The highest BCUT2D eigenvalue weighted by Gasteiger charge is 2.44. The number of aliphatic hydroxyl groups is 1. The Hall–Kier alpha value is -3.32. The first-order chi connectivity index (χ1) is 14.6. The summed E-state index contributed by atoms with van der Waals surface area (Å²) in [4.78, 5) is 28.0. The number of hydrogen-bond acceptors (Lipinski definition) is 6. The molecule has 4 rings (SSSR count). The molecule has 0 saturated carbocycles. The van der Waals surface area contributed by atoms with Crippen LogP contribution >= 0.6 is 11.3 Å². The molecule has 1 aliphatic heterocycles. The van der Waals surface area contributed by atoms with Crippen molar-refractivity contribution in [1.82, 2.24) is 4.90 Å². The summed E-state index contributed by atoms with van der Waals surface area (Å²) in [6, 6.07) is 13.5. The summed E-state index contributed by atoms with van der Waals surface area (Å²) in [6.07, 6.45) is 2.42. The summed E-state index contributed by atoms with van der Waals surface area (Å²) in [7, 11) is 0. The van der Waals surface area contributed by atoms with E-state index in [1.807, 2.05) is 31.2 Å². The van der Waals surface area contributed by atoms with Gasteiger partial charge < -0.3 is 19.2 Å². The van der Waals surface area contributed by atoms with Gasteiger partial charge in [0.05, 0.1) is 35.9 Å². The number of carbonyl (C=O) groups is 2. The molecular formula is C23H21NO5S. The van der Waals surface area contributed by atoms with Gasteiger partial charge >= 0.3 is 0 Å². The summed E-state index contributed by atoms with van der Waals surface area (Å²) in [5.74, 6) is -0.191. The monoisotopic (exact) mass is 423 g/mol. The highest BCUT2D eigenvalue weighted by Crippen LogP contribution is 2.40. The molecule has 1 N–H and O–H groups in total. The second kappa shape index (κ2) is 8.59. The number of Topliss-reactive ketones (excluding diaryl/α,β-unsaturated/α-hetero) is 1. The minimum atomic E-state index is -0.725. The molecule has 0 saturated heterocycles. The lowest BCUT2D eigenvalue weighted by atomic mass is 9.95. The topological polar surface area (TPSA) is 80.0 Å². The van der Waals surface area contributed by atoms with Crippen LogP contribution in [0.1, 0.15) is 40.4 Å². The summed E-state index contributed by atoms with van der Waals surface area (Å²) < 4.78 is 11.0. The Kier molecular flexibility index (Phi) is 5.72. The largest absolute Gasteiger partial charge is 0.503 e. The van der Waals surface area contributed by atoms with Gasteiger partial charge in [0, 0.05) is 0 Å². The molecule has 7 heteroatoms. The number of amides is 1. The zero-order valence-electron chi connectivity index (χ0n) is 16.4. The summed E-state index contributed by atoms with van der Waals surface area (Å²) in [5, 5.41) is 12.4. The number of furan rings is 1. The van der Waals surface area contributed by atoms with Crippen molar-refractivity contribution in [2.75, 3.05) is 6.61 Å². The Morgan fingerprint density at radius 2 is 2.00 bits per heavy atom. The van der Waals surface area contributed by atoms with Gasteiger partial charge in [0.25, 0.3) is 5.91 Å². The highest BCUT2D eigenvalue weighted by atomic mass is 32.1. The van der Waals surface area contributed by atoms with Gasteiger partial charge in [-0.15, -0.1) is 11.3 Å². The first kappa shape index (κ1) is 20.0. The maximum Gasteiger partial charge on any atom is 0.290 e. The maximum absolute atomic E-state index is 13.2. The number of rotatable bonds is 8. The molecule has 0 aliphatic carbocycles. The number of benzene rings is 1. The van der Waals surface area contributed by atoms with Gasteiger partial charge in [-0.25, -0.2) is 0 Å². The minimum absolute atomic E-state index is 0.0798. The van der Waals surface area contributed by atoms with Crippen molar-refractivity contribution in [3.05, 3.63) is 87.7 Å². The molecule has 0 spiro atoms. The van der Waals surface area contributed by atoms with Crippen molar-refractivity contribution in [3.8, 4) is 5.75 Å². The number of thiophene rings is 1. The van der Waals surface area contributed by atoms with Crippen LogP contribution < -0.4 is 4.74 Å². The number of ether oxygens (including phenoxy) is 1. The number of hydrogen-bond donors (Lipinski definition) is 1. The number of ketones is 1. The third-order valence-corrected chi connectivity index (χ3v) is 5.74. The van der Waals surface area contributed by atoms with Crippen LogP contribution in [0.4, 0.5) is 0 Å². The molecule has 0 fully saturated rings. The van der Waals surface area contributed by atoms with Gasteiger partial charge in [0.2, 0.25) is 5.78 Å². The van der Waals surface area contributed by atoms with Crippen molar-refractivity contribution in [2.24, 2.45) is 0 Å². The van der Waals surface area contributed by atoms with Crippen LogP contribution in [0.2, 0.25) is 0 Å². The van der Waals surface area contributed by atoms with E-state index in [-0.39, 0.29) is 17.9 Å². The molecule has 1 amide bonds. The first-order valence-electron chi connectivity index (χ1n) is 9.67. The van der Waals surface area contributed by atoms with Gasteiger partial charge in [-0.2, -0.15) is 0 Å². The zero-order valence-corrected chi connectivity index (χ0v) is 17.2. The summed E-state index contributed by atoms with van der Waals surface area (Å²) in [6.45, 7) is 2.77. The minimum Gasteiger partial charge on any atom is -0.503 e. The SMILES string of the molecule is CCCOc1ccc(C2C(C(=O)c3cccs3)=C(O)C(=O)N2Cc2ccco2)cc1. The van der Waals surface area contributed by atoms with E-state index in [1.54, 1.807) is 29.6 Å². The molecule has 1 aromatic carbocycles. The molecule has 30 heavy (non-hydrogen) atoms. The lowest BCUT2D eigenvalue weighted by Crippen LogP contribution is -2.30. The van der Waals surface area contributed by atoms with Gasteiger partial charge in [-0.3, -0.25) is 9.59 Å². The molecular weight excluding hydrogens is 402 g/mol. The molecule has 1 atom stereocenters. The van der Waals surface area contributed by atoms with E-state index in [0.29, 0.717) is 28.6 Å². The fourth-order valence-corrected chi connectivity index (χ4v) is 4.15. The summed E-state index contributed by atoms with van der Waals surface area (Å²) >= 11 is 1.27. The predicted octanol–water partition coefficient (Wildman–Crippen LogP) is 4.91. The second-order valence-corrected chi connectivity index (χ2v) is 7.85. The van der Waals surface area contributed by atoms with E-state index in [0.717, 1.165) is 6.42 Å². The maximum atomic E-state index is 13.2. The van der Waals surface area contributed by atoms with Crippen LogP contribution in [-0.2, 0) is 11.3 Å². The first-order valence-corrected chi connectivity index (χ1v) is 10.6. The Bertz CT molecular complexity index is 1050. The Balaban J connectivity index is 1.73. The fourth-order valence-electron chi connectivity index (χ4n) is 3.47. The van der Waals surface area contributed by atoms with Gasteiger partial charge in [0.1, 0.15) is 11.5 Å². The van der Waals surface area contributed by atoms with Crippen molar-refractivity contribution in [3.63, 3.8) is 0 Å². The lowest BCUT2D eigenvalue weighted by Gasteiger charge is -2.26. The van der Waals surface area contributed by atoms with E-state index in [1.165, 1.54) is 22.5 Å². The molecule has 0 radical (unpaired) electrons. The fraction of sp³-hybridized carbons (Fsp3) is 0.217. The van der Waals surface area contributed by atoms with E-state index >= 15 is 0 Å². The van der Waals surface area contributed by atoms with Crippen LogP contribution in [0.3, 0.4) is 0 Å². The van der Waals surface area contributed by atoms with Gasteiger partial charge in [-0.1, -0.05) is 25.1 Å².